The number of hydrogen-bond donors (Lipinski definition) is 0. The monoisotopic (exact) mass is 828 g/mol. The fraction of sp³-hybridized carbons (Fsp3) is 0.0930. The molecule has 1 aliphatic heterocycles. The number of ether oxygens (including phenoxy) is 1. The SMILES string of the molecule is CC=C1COCC1=CC(/C=C/c1ccc2c(F)c(/C=C/C)ccc2c1F)=C([C]#[Os])[P+](c1ccccc1)(c1ccccc1)c1ccccc1. The Balaban J connectivity index is 1.67. The van der Waals surface area contributed by atoms with Gasteiger partial charge in [0.1, 0.15) is 0 Å². The third kappa shape index (κ3) is 6.43. The molecule has 0 aliphatic carbocycles. The second-order valence-electron chi connectivity index (χ2n) is 11.4. The summed E-state index contributed by atoms with van der Waals surface area (Å²) in [6.07, 6.45) is 11.5. The van der Waals surface area contributed by atoms with Crippen molar-refractivity contribution in [2.75, 3.05) is 13.2 Å². The molecule has 0 radical (unpaired) electrons. The molecule has 1 aliphatic rings. The van der Waals surface area contributed by atoms with Crippen LogP contribution in [0.1, 0.15) is 25.0 Å². The summed E-state index contributed by atoms with van der Waals surface area (Å²) in [7, 11) is -2.53. The average Bonchev–Trinajstić information content (AvgIpc) is 3.59. The van der Waals surface area contributed by atoms with E-state index in [0.717, 1.165) is 22.0 Å². The van der Waals surface area contributed by atoms with Crippen LogP contribution in [0.15, 0.2) is 162 Å². The van der Waals surface area contributed by atoms with Gasteiger partial charge >= 0.3 is 280 Å². The Morgan fingerprint density at radius 1 is 0.667 bits per heavy atom. The molecule has 5 heteroatoms. The van der Waals surface area contributed by atoms with Crippen LogP contribution in [0.2, 0.25) is 0 Å². The van der Waals surface area contributed by atoms with Gasteiger partial charge in [0.05, 0.1) is 0 Å². The number of benzene rings is 5. The normalized spacial score (nSPS) is 15.9. The molecule has 5 aromatic rings. The molecular formula is C43H35F2OOsP+. The molecule has 1 nitrogen and oxygen atoms in total. The van der Waals surface area contributed by atoms with E-state index in [1.807, 2.05) is 38.1 Å². The van der Waals surface area contributed by atoms with E-state index in [0.29, 0.717) is 24.3 Å². The van der Waals surface area contributed by atoms with Crippen molar-refractivity contribution >= 4 is 46.1 Å². The van der Waals surface area contributed by atoms with Crippen molar-refractivity contribution in [1.82, 2.24) is 0 Å². The van der Waals surface area contributed by atoms with Crippen molar-refractivity contribution in [2.45, 2.75) is 13.8 Å². The van der Waals surface area contributed by atoms with Crippen LogP contribution in [-0.4, -0.2) is 13.2 Å². The summed E-state index contributed by atoms with van der Waals surface area (Å²) in [6, 6.07) is 38.5. The van der Waals surface area contributed by atoms with Crippen LogP contribution in [0, 0.1) is 16.0 Å². The molecule has 1 saturated heterocycles. The Morgan fingerprint density at radius 3 is 1.60 bits per heavy atom. The van der Waals surface area contributed by atoms with E-state index in [2.05, 4.69) is 89.3 Å². The first-order valence-electron chi connectivity index (χ1n) is 15.8. The van der Waals surface area contributed by atoms with Crippen LogP contribution in [-0.2, 0) is 22.7 Å². The first-order valence-corrected chi connectivity index (χ1v) is 18.9. The number of fused-ring (bicyclic) bond motifs is 1. The third-order valence-electron chi connectivity index (χ3n) is 8.65. The molecule has 0 amide bonds. The molecule has 0 N–H and O–H groups in total. The molecule has 5 aromatic carbocycles. The Morgan fingerprint density at radius 2 is 1.15 bits per heavy atom. The van der Waals surface area contributed by atoms with Gasteiger partial charge in [0.25, 0.3) is 0 Å². The fourth-order valence-corrected chi connectivity index (χ4v) is 12.1. The van der Waals surface area contributed by atoms with Gasteiger partial charge in [-0.25, -0.2) is 0 Å². The van der Waals surface area contributed by atoms with Gasteiger partial charge in [-0.3, -0.25) is 0 Å². The summed E-state index contributed by atoms with van der Waals surface area (Å²) < 4.78 is 41.0. The molecule has 1 heterocycles. The molecule has 0 saturated carbocycles. The molecule has 0 atom stereocenters. The van der Waals surface area contributed by atoms with Crippen LogP contribution in [0.5, 0.6) is 0 Å². The molecular weight excluding hydrogens is 792 g/mol. The molecule has 1 fully saturated rings. The van der Waals surface area contributed by atoms with Crippen LogP contribution >= 0.6 is 7.26 Å². The maximum atomic E-state index is 16.1. The average molecular weight is 827 g/mol. The third-order valence-corrected chi connectivity index (χ3v) is 14.0. The Hall–Kier alpha value is -4.27. The topological polar surface area (TPSA) is 9.23 Å². The molecule has 0 bridgehead atoms. The van der Waals surface area contributed by atoms with Gasteiger partial charge in [0.15, 0.2) is 0 Å². The Kier molecular flexibility index (Phi) is 10.7. The predicted octanol–water partition coefficient (Wildman–Crippen LogP) is 9.82. The van der Waals surface area contributed by atoms with Crippen molar-refractivity contribution in [2.24, 2.45) is 0 Å². The fourth-order valence-electron chi connectivity index (χ4n) is 6.32. The van der Waals surface area contributed by atoms with Crippen LogP contribution in [0.4, 0.5) is 8.78 Å². The summed E-state index contributed by atoms with van der Waals surface area (Å²) >= 11 is 1.71. The second-order valence-corrected chi connectivity index (χ2v) is 15.4. The Bertz CT molecular complexity index is 2040. The molecule has 6 rings (SSSR count). The quantitative estimate of drug-likeness (QED) is 0.112. The minimum atomic E-state index is -2.53. The van der Waals surface area contributed by atoms with Gasteiger partial charge < -0.3 is 0 Å². The summed E-state index contributed by atoms with van der Waals surface area (Å²) in [5, 5.41) is 5.14. The zero-order chi connectivity index (χ0) is 33.5. The van der Waals surface area contributed by atoms with E-state index in [1.165, 1.54) is 15.9 Å². The molecule has 48 heavy (non-hydrogen) atoms. The number of halogens is 2. The molecule has 0 aromatic heterocycles. The zero-order valence-corrected chi connectivity index (χ0v) is 30.2. The van der Waals surface area contributed by atoms with Crippen molar-refractivity contribution in [3.8, 4) is 4.37 Å². The summed E-state index contributed by atoms with van der Waals surface area (Å²) in [6.45, 7) is 4.89. The van der Waals surface area contributed by atoms with Crippen molar-refractivity contribution in [1.29, 1.82) is 0 Å². The van der Waals surface area contributed by atoms with Gasteiger partial charge in [-0.1, -0.05) is 6.08 Å². The van der Waals surface area contributed by atoms with Crippen molar-refractivity contribution < 1.29 is 31.5 Å². The summed E-state index contributed by atoms with van der Waals surface area (Å²) in [5.74, 6) is -0.879. The number of hydrogen-bond acceptors (Lipinski definition) is 1. The van der Waals surface area contributed by atoms with Gasteiger partial charge in [0, 0.05) is 0 Å². The van der Waals surface area contributed by atoms with E-state index in [9.17, 15) is 0 Å². The van der Waals surface area contributed by atoms with E-state index in [1.54, 1.807) is 60.4 Å². The van der Waals surface area contributed by atoms with E-state index >= 15 is 8.78 Å². The Labute approximate surface area is 292 Å². The molecule has 0 spiro atoms. The predicted molar refractivity (Wildman–Crippen MR) is 196 cm³/mol. The summed E-state index contributed by atoms with van der Waals surface area (Å²) in [4.78, 5) is 0. The molecule has 0 unspecified atom stereocenters. The standard InChI is InChI=1S/C43H35F2OP.Os/c1-4-15-33-24-26-41-40(42(33)44)27-25-34(43(41)45)22-23-35(28-36-30-46-29-32(36)5-2)31(3)47(37-16-9-6-10-17-37,38-18-11-7-12-19-38)39-20-13-8-14-21-39;/h4-28H,29-30H2,1-2H3;/q+1;/b15-4+,23-22+,32-5?,35-31?,36-28?;. The van der Waals surface area contributed by atoms with Crippen LogP contribution in [0.3, 0.4) is 0 Å². The first-order chi connectivity index (χ1) is 23.5. The van der Waals surface area contributed by atoms with Gasteiger partial charge in [-0.2, -0.15) is 0 Å². The zero-order valence-electron chi connectivity index (χ0n) is 26.8. The van der Waals surface area contributed by atoms with Crippen molar-refractivity contribution in [3.05, 3.63) is 184 Å². The van der Waals surface area contributed by atoms with E-state index in [-0.39, 0.29) is 10.8 Å². The van der Waals surface area contributed by atoms with Crippen molar-refractivity contribution in [3.63, 3.8) is 0 Å². The van der Waals surface area contributed by atoms with Crippen LogP contribution < -0.4 is 15.9 Å². The van der Waals surface area contributed by atoms with Gasteiger partial charge in [-0.05, 0) is 6.92 Å². The first kappa shape index (κ1) is 33.6. The van der Waals surface area contributed by atoms with Gasteiger partial charge in [-0.15, -0.1) is 0 Å². The molecule has 239 valence electrons. The van der Waals surface area contributed by atoms with Crippen LogP contribution in [0.25, 0.3) is 22.9 Å². The second kappa shape index (κ2) is 15.3. The summed E-state index contributed by atoms with van der Waals surface area (Å²) in [5.41, 5.74) is 3.95. The minimum absolute atomic E-state index is 0.252. The number of allylic oxidation sites excluding steroid dienone is 6. The van der Waals surface area contributed by atoms with E-state index < -0.39 is 18.9 Å². The number of rotatable bonds is 8. The maximum absolute atomic E-state index is 16.1. The van der Waals surface area contributed by atoms with E-state index in [4.69, 9.17) is 4.74 Å². The van der Waals surface area contributed by atoms with Gasteiger partial charge in [0.2, 0.25) is 0 Å².